The highest BCUT2D eigenvalue weighted by molar-refractivity contribution is 7.91. The van der Waals surface area contributed by atoms with Gasteiger partial charge in [-0.25, -0.2) is 8.42 Å². The largest absolute Gasteiger partial charge is 0.479 e. The number of hydrogen-bond acceptors (Lipinski definition) is 5. The summed E-state index contributed by atoms with van der Waals surface area (Å²) in [5, 5.41) is 2.81. The molecule has 1 fully saturated rings. The monoisotopic (exact) mass is 366 g/mol. The number of hydrogen-bond donors (Lipinski definition) is 1. The van der Waals surface area contributed by atoms with E-state index in [9.17, 15) is 18.0 Å². The molecule has 136 valence electrons. The molecule has 1 N–H and O–H groups in total. The Labute approximate surface area is 147 Å². The topological polar surface area (TPSA) is 92.8 Å². The predicted molar refractivity (Wildman–Crippen MR) is 93.3 cm³/mol. The quantitative estimate of drug-likeness (QED) is 0.854. The van der Waals surface area contributed by atoms with Crippen molar-refractivity contribution in [1.29, 1.82) is 0 Å². The lowest BCUT2D eigenvalue weighted by atomic mass is 10.0. The van der Waals surface area contributed by atoms with Gasteiger partial charge in [0.1, 0.15) is 5.75 Å². The molecule has 1 saturated heterocycles. The van der Waals surface area contributed by atoms with Crippen molar-refractivity contribution in [2.75, 3.05) is 23.0 Å². The van der Waals surface area contributed by atoms with Crippen LogP contribution in [0.25, 0.3) is 0 Å². The van der Waals surface area contributed by atoms with Gasteiger partial charge in [-0.1, -0.05) is 12.1 Å². The highest BCUT2D eigenvalue weighted by Crippen LogP contribution is 2.33. The summed E-state index contributed by atoms with van der Waals surface area (Å²) in [4.78, 5) is 26.2. The lowest BCUT2D eigenvalue weighted by Gasteiger charge is -2.33. The molecule has 0 saturated carbocycles. The van der Waals surface area contributed by atoms with Crippen LogP contribution in [0.4, 0.5) is 5.69 Å². The van der Waals surface area contributed by atoms with E-state index in [0.717, 1.165) is 0 Å². The van der Waals surface area contributed by atoms with Gasteiger partial charge in [-0.3, -0.25) is 9.59 Å². The molecule has 2 aliphatic rings. The van der Waals surface area contributed by atoms with Gasteiger partial charge >= 0.3 is 0 Å². The Morgan fingerprint density at radius 1 is 1.40 bits per heavy atom. The van der Waals surface area contributed by atoms with E-state index in [2.05, 4.69) is 5.32 Å². The molecule has 7 nitrogen and oxygen atoms in total. The van der Waals surface area contributed by atoms with Crippen LogP contribution < -0.4 is 15.0 Å². The number of nitrogens with zero attached hydrogens (tertiary/aromatic N) is 1. The first-order valence-corrected chi connectivity index (χ1v) is 10.1. The Morgan fingerprint density at radius 2 is 2.12 bits per heavy atom. The van der Waals surface area contributed by atoms with Gasteiger partial charge in [0.2, 0.25) is 5.91 Å². The van der Waals surface area contributed by atoms with Crippen LogP contribution in [-0.4, -0.2) is 49.9 Å². The van der Waals surface area contributed by atoms with Gasteiger partial charge in [-0.15, -0.1) is 0 Å². The first kappa shape index (κ1) is 17.7. The van der Waals surface area contributed by atoms with Crippen molar-refractivity contribution in [3.8, 4) is 5.75 Å². The molecule has 0 aromatic heterocycles. The number of fused-ring (bicyclic) bond motifs is 1. The van der Waals surface area contributed by atoms with E-state index in [4.69, 9.17) is 4.74 Å². The van der Waals surface area contributed by atoms with E-state index in [1.54, 1.807) is 30.9 Å². The molecule has 0 radical (unpaired) electrons. The lowest BCUT2D eigenvalue weighted by Crippen LogP contribution is -2.49. The maximum absolute atomic E-state index is 12.4. The first-order valence-electron chi connectivity index (χ1n) is 8.28. The molecule has 0 bridgehead atoms. The molecule has 8 heteroatoms. The summed E-state index contributed by atoms with van der Waals surface area (Å²) in [6.45, 7) is 3.64. The fraction of sp³-hybridized carbons (Fsp3) is 0.529. The summed E-state index contributed by atoms with van der Waals surface area (Å²) in [6, 6.07) is 7.20. The minimum Gasteiger partial charge on any atom is -0.479 e. The number of nitrogens with one attached hydrogen (secondary N) is 1. The molecule has 1 aromatic carbocycles. The van der Waals surface area contributed by atoms with Gasteiger partial charge in [0, 0.05) is 13.0 Å². The van der Waals surface area contributed by atoms with Crippen LogP contribution in [0.15, 0.2) is 24.3 Å². The number of para-hydroxylation sites is 2. The van der Waals surface area contributed by atoms with Crippen LogP contribution in [-0.2, 0) is 19.4 Å². The van der Waals surface area contributed by atoms with Crippen molar-refractivity contribution >= 4 is 27.3 Å². The van der Waals surface area contributed by atoms with Crippen molar-refractivity contribution in [2.24, 2.45) is 0 Å². The second-order valence-corrected chi connectivity index (χ2v) is 9.10. The standard InChI is InChI=1S/C17H22N2O5S/c1-12-16(21)19(13-5-3-4-6-14(13)24-12)9-7-15(20)18-17(2)8-10-25(22,23)11-17/h3-6,12H,7-11H2,1-2H3,(H,18,20)/t12-,17-/m0/s1. The van der Waals surface area contributed by atoms with E-state index < -0.39 is 21.5 Å². The van der Waals surface area contributed by atoms with Crippen LogP contribution in [0.3, 0.4) is 0 Å². The fourth-order valence-electron chi connectivity index (χ4n) is 3.31. The van der Waals surface area contributed by atoms with E-state index in [1.165, 1.54) is 0 Å². The molecule has 0 unspecified atom stereocenters. The maximum atomic E-state index is 12.4. The molecular formula is C17H22N2O5S. The van der Waals surface area contributed by atoms with Gasteiger partial charge < -0.3 is 15.0 Å². The van der Waals surface area contributed by atoms with Gasteiger partial charge in [0.15, 0.2) is 15.9 Å². The third-order valence-electron chi connectivity index (χ3n) is 4.58. The van der Waals surface area contributed by atoms with E-state index >= 15 is 0 Å². The number of amides is 2. The molecule has 25 heavy (non-hydrogen) atoms. The van der Waals surface area contributed by atoms with Crippen molar-refractivity contribution < 1.29 is 22.7 Å². The second-order valence-electron chi connectivity index (χ2n) is 6.92. The van der Waals surface area contributed by atoms with Gasteiger partial charge in [0.25, 0.3) is 5.91 Å². The number of rotatable bonds is 4. The Balaban J connectivity index is 1.65. The molecular weight excluding hydrogens is 344 g/mol. The third kappa shape index (κ3) is 3.78. The zero-order chi connectivity index (χ0) is 18.2. The van der Waals surface area contributed by atoms with E-state index in [-0.39, 0.29) is 36.3 Å². The second kappa shape index (κ2) is 6.33. The summed E-state index contributed by atoms with van der Waals surface area (Å²) in [7, 11) is -3.09. The number of sulfone groups is 1. The van der Waals surface area contributed by atoms with Crippen LogP contribution >= 0.6 is 0 Å². The number of carbonyl (C=O) groups is 2. The van der Waals surface area contributed by atoms with Crippen molar-refractivity contribution in [1.82, 2.24) is 5.32 Å². The average Bonchev–Trinajstić information content (AvgIpc) is 2.81. The molecule has 2 amide bonds. The Bertz CT molecular complexity index is 807. The van der Waals surface area contributed by atoms with Gasteiger partial charge in [-0.2, -0.15) is 0 Å². The molecule has 2 atom stereocenters. The fourth-order valence-corrected chi connectivity index (χ4v) is 5.40. The number of anilines is 1. The lowest BCUT2D eigenvalue weighted by molar-refractivity contribution is -0.125. The van der Waals surface area contributed by atoms with E-state index in [0.29, 0.717) is 17.9 Å². The number of benzene rings is 1. The average molecular weight is 366 g/mol. The SMILES string of the molecule is C[C@@H]1Oc2ccccc2N(CCC(=O)N[C@@]2(C)CCS(=O)(=O)C2)C1=O. The summed E-state index contributed by atoms with van der Waals surface area (Å²) in [5.74, 6) is 0.215. The Kier molecular flexibility index (Phi) is 4.49. The summed E-state index contributed by atoms with van der Waals surface area (Å²) >= 11 is 0. The molecule has 0 spiro atoms. The summed E-state index contributed by atoms with van der Waals surface area (Å²) in [6.07, 6.45) is -0.0877. The minimum atomic E-state index is -3.09. The van der Waals surface area contributed by atoms with Gasteiger partial charge in [0.05, 0.1) is 22.7 Å². The predicted octanol–water partition coefficient (Wildman–Crippen LogP) is 0.884. The minimum absolute atomic E-state index is 0.0396. The van der Waals surface area contributed by atoms with Crippen LogP contribution in [0, 0.1) is 0 Å². The highest BCUT2D eigenvalue weighted by atomic mass is 32.2. The normalized spacial score (nSPS) is 27.5. The van der Waals surface area contributed by atoms with E-state index in [1.807, 2.05) is 12.1 Å². The molecule has 1 aromatic rings. The first-order chi connectivity index (χ1) is 11.7. The van der Waals surface area contributed by atoms with Gasteiger partial charge in [-0.05, 0) is 32.4 Å². The summed E-state index contributed by atoms with van der Waals surface area (Å²) in [5.41, 5.74) is -0.0797. The summed E-state index contributed by atoms with van der Waals surface area (Å²) < 4.78 is 28.8. The number of carbonyl (C=O) groups excluding carboxylic acids is 2. The van der Waals surface area contributed by atoms with Crippen LogP contribution in [0.1, 0.15) is 26.7 Å². The molecule has 2 aliphatic heterocycles. The van der Waals surface area contributed by atoms with Crippen molar-refractivity contribution in [3.63, 3.8) is 0 Å². The third-order valence-corrected chi connectivity index (χ3v) is 6.48. The highest BCUT2D eigenvalue weighted by Gasteiger charge is 2.39. The Morgan fingerprint density at radius 3 is 2.80 bits per heavy atom. The molecule has 3 rings (SSSR count). The number of ether oxygens (including phenoxy) is 1. The maximum Gasteiger partial charge on any atom is 0.267 e. The Hall–Kier alpha value is -2.09. The smallest absolute Gasteiger partial charge is 0.267 e. The molecule has 0 aliphatic carbocycles. The molecule has 2 heterocycles. The van der Waals surface area contributed by atoms with Crippen LogP contribution in [0.5, 0.6) is 5.75 Å². The van der Waals surface area contributed by atoms with Crippen molar-refractivity contribution in [3.05, 3.63) is 24.3 Å². The van der Waals surface area contributed by atoms with Crippen LogP contribution in [0.2, 0.25) is 0 Å². The van der Waals surface area contributed by atoms with Crippen molar-refractivity contribution in [2.45, 2.75) is 38.3 Å². The zero-order valence-corrected chi connectivity index (χ0v) is 15.1. The zero-order valence-electron chi connectivity index (χ0n) is 14.3.